The summed E-state index contributed by atoms with van der Waals surface area (Å²) in [6.45, 7) is 0.565. The van der Waals surface area contributed by atoms with Crippen LogP contribution in [0.15, 0.2) is 84.8 Å². The van der Waals surface area contributed by atoms with E-state index in [2.05, 4.69) is 15.6 Å². The second-order valence-electron chi connectivity index (χ2n) is 6.26. The fourth-order valence-corrected chi connectivity index (χ4v) is 3.31. The lowest BCUT2D eigenvalue weighted by atomic mass is 10.1. The number of nitrogens with one attached hydrogen (secondary N) is 2. The molecular formula is C22H27N5OS. The maximum Gasteiger partial charge on any atom is 0.263 e. The van der Waals surface area contributed by atoms with Crippen molar-refractivity contribution in [3.63, 3.8) is 0 Å². The molecule has 29 heavy (non-hydrogen) atoms. The van der Waals surface area contributed by atoms with Crippen molar-refractivity contribution in [3.05, 3.63) is 101 Å². The molecule has 0 bridgehead atoms. The zero-order valence-electron chi connectivity index (χ0n) is 15.8. The molecule has 2 aromatic carbocycles. The van der Waals surface area contributed by atoms with Gasteiger partial charge >= 0.3 is 0 Å². The molecule has 3 aromatic rings. The van der Waals surface area contributed by atoms with Gasteiger partial charge in [-0.15, -0.1) is 0 Å². The highest BCUT2D eigenvalue weighted by Crippen LogP contribution is 2.19. The minimum absolute atomic E-state index is 0. The number of nitrogens with zero attached hydrogens (tertiary/aromatic N) is 1. The Morgan fingerprint density at radius 1 is 1.03 bits per heavy atom. The Hall–Kier alpha value is -3.58. The molecular weight excluding hydrogens is 382 g/mol. The molecule has 0 fully saturated rings. The molecule has 0 saturated carbocycles. The van der Waals surface area contributed by atoms with E-state index < -0.39 is 0 Å². The van der Waals surface area contributed by atoms with Gasteiger partial charge in [0.15, 0.2) is 5.13 Å². The smallest absolute Gasteiger partial charge is 0.263 e. The van der Waals surface area contributed by atoms with Crippen LogP contribution >= 0.6 is 11.3 Å². The number of rotatable bonds is 8. The predicted octanol–water partition coefficient (Wildman–Crippen LogP) is 3.82. The Morgan fingerprint density at radius 3 is 2.45 bits per heavy atom. The zero-order valence-corrected chi connectivity index (χ0v) is 16.7. The highest BCUT2D eigenvalue weighted by atomic mass is 32.1. The van der Waals surface area contributed by atoms with Crippen LogP contribution in [0.5, 0.6) is 0 Å². The monoisotopic (exact) mass is 409 g/mol. The van der Waals surface area contributed by atoms with Crippen molar-refractivity contribution in [3.8, 4) is 0 Å². The molecule has 1 aromatic heterocycles. The molecule has 0 aliphatic rings. The van der Waals surface area contributed by atoms with Crippen LogP contribution in [0.2, 0.25) is 0 Å². The molecule has 0 radical (unpaired) electrons. The van der Waals surface area contributed by atoms with E-state index in [0.717, 1.165) is 12.0 Å². The third kappa shape index (κ3) is 6.22. The molecule has 0 saturated heterocycles. The Bertz CT molecular complexity index is 1010. The summed E-state index contributed by atoms with van der Waals surface area (Å²) in [6, 6.07) is 19.6. The van der Waals surface area contributed by atoms with Crippen LogP contribution in [0.1, 0.15) is 23.7 Å². The van der Waals surface area contributed by atoms with Gasteiger partial charge in [-0.05, 0) is 29.7 Å². The molecule has 0 aliphatic carbocycles. The van der Waals surface area contributed by atoms with Crippen molar-refractivity contribution < 1.29 is 7.65 Å². The predicted molar refractivity (Wildman–Crippen MR) is 123 cm³/mol. The maximum atomic E-state index is 12.3. The minimum Gasteiger partial charge on any atom is -0.398 e. The molecule has 1 amide bonds. The van der Waals surface area contributed by atoms with Crippen molar-refractivity contribution in [2.75, 3.05) is 11.9 Å². The van der Waals surface area contributed by atoms with Crippen molar-refractivity contribution in [1.82, 2.24) is 10.3 Å². The van der Waals surface area contributed by atoms with Gasteiger partial charge in [-0.1, -0.05) is 72.0 Å². The van der Waals surface area contributed by atoms with Crippen LogP contribution in [-0.4, -0.2) is 17.4 Å². The molecule has 0 unspecified atom stereocenters. The van der Waals surface area contributed by atoms with Gasteiger partial charge in [-0.3, -0.25) is 4.79 Å². The van der Waals surface area contributed by atoms with Gasteiger partial charge in [0, 0.05) is 15.1 Å². The summed E-state index contributed by atoms with van der Waals surface area (Å²) in [5.41, 5.74) is 14.7. The fraction of sp³-hybridized carbons (Fsp3) is 0.0909. The molecule has 0 atom stereocenters. The second-order valence-corrected chi connectivity index (χ2v) is 7.29. The number of allylic oxidation sites excluding steroid dienone is 2. The Labute approximate surface area is 176 Å². The number of aromatic nitrogens is 1. The summed E-state index contributed by atoms with van der Waals surface area (Å²) in [5.74, 6) is 0.233. The van der Waals surface area contributed by atoms with Crippen LogP contribution in [-0.2, 0) is 6.42 Å². The summed E-state index contributed by atoms with van der Waals surface area (Å²) >= 11 is 1.24. The average molecular weight is 410 g/mol. The van der Waals surface area contributed by atoms with E-state index in [1.54, 1.807) is 12.2 Å². The number of nitrogens with two attached hydrogens (primary N) is 2. The lowest BCUT2D eigenvalue weighted by molar-refractivity contribution is 0.0958. The van der Waals surface area contributed by atoms with Gasteiger partial charge in [0.1, 0.15) is 10.7 Å². The summed E-state index contributed by atoms with van der Waals surface area (Å²) in [7, 11) is 0. The van der Waals surface area contributed by atoms with Gasteiger partial charge in [0.05, 0.1) is 6.20 Å². The average Bonchev–Trinajstić information content (AvgIpc) is 3.22. The number of amides is 1. The largest absolute Gasteiger partial charge is 0.398 e. The number of hydrogen-bond donors (Lipinski definition) is 4. The molecule has 6 N–H and O–H groups in total. The molecule has 0 aliphatic heterocycles. The standard InChI is InChI=1S/C22H23N5OS.2H2/c23-18(17-9-5-2-6-10-17)11-12-20(24)27-22-26-15-19(29-22)21(28)25-14-13-16-7-3-1-4-8-16;;/h1-12,15H,13-14,23-24H2,(H,25,28)(H,26,27);2*1H/b18-11-,20-12+;;. The van der Waals surface area contributed by atoms with Crippen molar-refractivity contribution in [2.24, 2.45) is 11.5 Å². The molecule has 0 spiro atoms. The highest BCUT2D eigenvalue weighted by Gasteiger charge is 2.10. The van der Waals surface area contributed by atoms with Gasteiger partial charge in [0.2, 0.25) is 0 Å². The summed E-state index contributed by atoms with van der Waals surface area (Å²) in [5, 5.41) is 6.42. The normalized spacial score (nSPS) is 11.9. The Morgan fingerprint density at radius 2 is 1.72 bits per heavy atom. The first-order valence-electron chi connectivity index (χ1n) is 9.15. The quantitative estimate of drug-likeness (QED) is 0.423. The lowest BCUT2D eigenvalue weighted by Crippen LogP contribution is -2.24. The summed E-state index contributed by atoms with van der Waals surface area (Å²) in [4.78, 5) is 17.0. The topological polar surface area (TPSA) is 106 Å². The van der Waals surface area contributed by atoms with Gasteiger partial charge in [0.25, 0.3) is 5.91 Å². The first-order valence-corrected chi connectivity index (χ1v) is 9.97. The van der Waals surface area contributed by atoms with Crippen LogP contribution in [0.4, 0.5) is 5.13 Å². The van der Waals surface area contributed by atoms with E-state index in [-0.39, 0.29) is 8.76 Å². The van der Waals surface area contributed by atoms with Gasteiger partial charge in [-0.2, -0.15) is 0 Å². The van der Waals surface area contributed by atoms with Crippen molar-refractivity contribution >= 4 is 28.1 Å². The molecule has 3 rings (SSSR count). The van der Waals surface area contributed by atoms with Crippen LogP contribution in [0, 0.1) is 0 Å². The zero-order chi connectivity index (χ0) is 20.5. The highest BCUT2D eigenvalue weighted by molar-refractivity contribution is 7.17. The molecule has 1 heterocycles. The third-order valence-corrected chi connectivity index (χ3v) is 4.98. The number of hydrogen-bond acceptors (Lipinski definition) is 6. The van der Waals surface area contributed by atoms with Gasteiger partial charge < -0.3 is 22.1 Å². The lowest BCUT2D eigenvalue weighted by Gasteiger charge is -2.04. The van der Waals surface area contributed by atoms with Crippen LogP contribution in [0.3, 0.4) is 0 Å². The molecule has 152 valence electrons. The number of carbonyl (C=O) groups is 1. The summed E-state index contributed by atoms with van der Waals surface area (Å²) < 4.78 is 0. The van der Waals surface area contributed by atoms with Crippen molar-refractivity contribution in [2.45, 2.75) is 6.42 Å². The van der Waals surface area contributed by atoms with Crippen LogP contribution < -0.4 is 22.1 Å². The minimum atomic E-state index is -0.151. The Balaban J connectivity index is 0.00000240. The summed E-state index contributed by atoms with van der Waals surface area (Å²) in [6.07, 6.45) is 5.71. The molecule has 6 nitrogen and oxygen atoms in total. The number of benzene rings is 2. The molecule has 7 heteroatoms. The third-order valence-electron chi connectivity index (χ3n) is 4.07. The maximum absolute atomic E-state index is 12.3. The van der Waals surface area contributed by atoms with Crippen molar-refractivity contribution in [1.29, 1.82) is 0 Å². The van der Waals surface area contributed by atoms with Gasteiger partial charge in [-0.25, -0.2) is 4.98 Å². The number of anilines is 1. The van der Waals surface area contributed by atoms with E-state index >= 15 is 0 Å². The van der Waals surface area contributed by atoms with E-state index in [1.165, 1.54) is 23.1 Å². The fourth-order valence-electron chi connectivity index (χ4n) is 2.56. The van der Waals surface area contributed by atoms with E-state index in [9.17, 15) is 4.79 Å². The van der Waals surface area contributed by atoms with E-state index in [1.807, 2.05) is 60.7 Å². The number of thiazole rings is 1. The SMILES string of the molecule is N/C(=C\C=C(/N)Nc1ncc(C(=O)NCCc2ccccc2)s1)c1ccccc1.[HH].[HH]. The van der Waals surface area contributed by atoms with E-state index in [0.29, 0.717) is 28.1 Å². The second kappa shape index (κ2) is 10.1. The van der Waals surface area contributed by atoms with Crippen LogP contribution in [0.25, 0.3) is 5.70 Å². The first kappa shape index (κ1) is 20.2. The Kier molecular flexibility index (Phi) is 7.02. The van der Waals surface area contributed by atoms with E-state index in [4.69, 9.17) is 11.5 Å². The number of carbonyl (C=O) groups excluding carboxylic acids is 1. The first-order chi connectivity index (χ1) is 14.1.